The van der Waals surface area contributed by atoms with Crippen molar-refractivity contribution in [3.8, 4) is 0 Å². The molecule has 150 valence electrons. The van der Waals surface area contributed by atoms with Crippen LogP contribution in [-0.4, -0.2) is 21.8 Å². The summed E-state index contributed by atoms with van der Waals surface area (Å²) in [5.74, 6) is -0.822. The smallest absolute Gasteiger partial charge is 0.272 e. The molecule has 0 saturated carbocycles. The van der Waals surface area contributed by atoms with E-state index in [9.17, 15) is 9.59 Å². The Bertz CT molecular complexity index is 1250. The predicted octanol–water partition coefficient (Wildman–Crippen LogP) is 4.41. The van der Waals surface area contributed by atoms with Crippen LogP contribution in [0.2, 0.25) is 0 Å². The lowest BCUT2D eigenvalue weighted by molar-refractivity contribution is 0.0845. The fourth-order valence-corrected chi connectivity index (χ4v) is 4.14. The standard InChI is InChI=1S/C23H20N4O2S/c1-14-9-10-15(2)20(12-14)30-23-17(7-5-11-24-23)21(28)26-27-22(29)18-13-25-19-8-4-3-6-16(18)19/h3-13,25H,1-2H3,(H,26,28)(H,27,29). The number of carbonyl (C=O) groups is 2. The number of aromatic amines is 1. The van der Waals surface area contributed by atoms with Crippen molar-refractivity contribution in [1.82, 2.24) is 20.8 Å². The summed E-state index contributed by atoms with van der Waals surface area (Å²) in [6.07, 6.45) is 3.27. The highest BCUT2D eigenvalue weighted by molar-refractivity contribution is 7.99. The number of para-hydroxylation sites is 1. The molecule has 2 amide bonds. The highest BCUT2D eigenvalue weighted by Gasteiger charge is 2.17. The zero-order valence-corrected chi connectivity index (χ0v) is 17.3. The number of benzene rings is 2. The van der Waals surface area contributed by atoms with E-state index in [4.69, 9.17) is 0 Å². The van der Waals surface area contributed by atoms with Gasteiger partial charge in [-0.2, -0.15) is 0 Å². The van der Waals surface area contributed by atoms with Crippen molar-refractivity contribution in [1.29, 1.82) is 0 Å². The highest BCUT2D eigenvalue weighted by atomic mass is 32.2. The monoisotopic (exact) mass is 416 g/mol. The van der Waals surface area contributed by atoms with Gasteiger partial charge in [0.1, 0.15) is 5.03 Å². The Morgan fingerprint density at radius 3 is 2.53 bits per heavy atom. The Morgan fingerprint density at radius 2 is 1.70 bits per heavy atom. The zero-order valence-electron chi connectivity index (χ0n) is 16.5. The van der Waals surface area contributed by atoms with E-state index in [1.807, 2.05) is 50.2 Å². The normalized spacial score (nSPS) is 10.7. The van der Waals surface area contributed by atoms with Crippen molar-refractivity contribution >= 4 is 34.5 Å². The molecule has 0 aliphatic heterocycles. The molecule has 0 spiro atoms. The number of hydrogen-bond donors (Lipinski definition) is 3. The maximum Gasteiger partial charge on any atom is 0.272 e. The number of amides is 2. The molecule has 0 aliphatic rings. The molecule has 3 N–H and O–H groups in total. The van der Waals surface area contributed by atoms with E-state index in [-0.39, 0.29) is 0 Å². The number of nitrogens with one attached hydrogen (secondary N) is 3. The first-order chi connectivity index (χ1) is 14.5. The fraction of sp³-hybridized carbons (Fsp3) is 0.0870. The van der Waals surface area contributed by atoms with Crippen molar-refractivity contribution in [2.24, 2.45) is 0 Å². The first-order valence-corrected chi connectivity index (χ1v) is 10.2. The van der Waals surface area contributed by atoms with Crippen LogP contribution in [0.25, 0.3) is 10.9 Å². The average Bonchev–Trinajstić information content (AvgIpc) is 3.19. The van der Waals surface area contributed by atoms with Crippen LogP contribution >= 0.6 is 11.8 Å². The van der Waals surface area contributed by atoms with Crippen LogP contribution in [0.4, 0.5) is 0 Å². The van der Waals surface area contributed by atoms with Gasteiger partial charge in [0.05, 0.1) is 11.1 Å². The van der Waals surface area contributed by atoms with Gasteiger partial charge in [-0.1, -0.05) is 42.1 Å². The predicted molar refractivity (Wildman–Crippen MR) is 118 cm³/mol. The summed E-state index contributed by atoms with van der Waals surface area (Å²) >= 11 is 1.43. The Kier molecular flexibility index (Phi) is 5.54. The van der Waals surface area contributed by atoms with Crippen LogP contribution in [0.15, 0.2) is 76.9 Å². The van der Waals surface area contributed by atoms with Gasteiger partial charge in [0.2, 0.25) is 0 Å². The topological polar surface area (TPSA) is 86.9 Å². The molecule has 0 radical (unpaired) electrons. The summed E-state index contributed by atoms with van der Waals surface area (Å²) in [6.45, 7) is 4.04. The minimum atomic E-state index is -0.427. The van der Waals surface area contributed by atoms with Crippen LogP contribution in [-0.2, 0) is 0 Å². The second-order valence-corrected chi connectivity index (χ2v) is 7.91. The Labute approximate surface area is 178 Å². The lowest BCUT2D eigenvalue weighted by Gasteiger charge is -2.11. The lowest BCUT2D eigenvalue weighted by Crippen LogP contribution is -2.41. The number of fused-ring (bicyclic) bond motifs is 1. The molecule has 30 heavy (non-hydrogen) atoms. The van der Waals surface area contributed by atoms with Gasteiger partial charge in [-0.15, -0.1) is 0 Å². The molecular weight excluding hydrogens is 396 g/mol. The van der Waals surface area contributed by atoms with Gasteiger partial charge >= 0.3 is 0 Å². The lowest BCUT2D eigenvalue weighted by atomic mass is 10.2. The first kappa shape index (κ1) is 19.7. The van der Waals surface area contributed by atoms with Crippen molar-refractivity contribution in [2.45, 2.75) is 23.8 Å². The first-order valence-electron chi connectivity index (χ1n) is 9.40. The van der Waals surface area contributed by atoms with Gasteiger partial charge in [-0.25, -0.2) is 4.98 Å². The number of rotatable bonds is 4. The molecule has 4 aromatic rings. The molecule has 2 aromatic heterocycles. The van der Waals surface area contributed by atoms with Crippen molar-refractivity contribution in [3.05, 3.63) is 89.2 Å². The molecular formula is C23H20N4O2S. The Hall–Kier alpha value is -3.58. The van der Waals surface area contributed by atoms with E-state index in [2.05, 4.69) is 26.9 Å². The van der Waals surface area contributed by atoms with Gasteiger partial charge in [0.15, 0.2) is 0 Å². The van der Waals surface area contributed by atoms with Crippen molar-refractivity contribution in [3.63, 3.8) is 0 Å². The van der Waals surface area contributed by atoms with E-state index < -0.39 is 11.8 Å². The van der Waals surface area contributed by atoms with Crippen LogP contribution < -0.4 is 10.9 Å². The van der Waals surface area contributed by atoms with E-state index in [0.29, 0.717) is 16.2 Å². The minimum absolute atomic E-state index is 0.391. The van der Waals surface area contributed by atoms with Gasteiger partial charge in [-0.3, -0.25) is 20.4 Å². The molecule has 0 saturated heterocycles. The summed E-state index contributed by atoms with van der Waals surface area (Å²) in [6, 6.07) is 17.0. The largest absolute Gasteiger partial charge is 0.360 e. The Balaban J connectivity index is 1.50. The number of hydrazine groups is 1. The number of aromatic nitrogens is 2. The van der Waals surface area contributed by atoms with Crippen molar-refractivity contribution < 1.29 is 9.59 Å². The molecule has 0 unspecified atom stereocenters. The molecule has 2 aromatic carbocycles. The Morgan fingerprint density at radius 1 is 0.933 bits per heavy atom. The maximum absolute atomic E-state index is 12.8. The minimum Gasteiger partial charge on any atom is -0.360 e. The quantitative estimate of drug-likeness (QED) is 0.430. The van der Waals surface area contributed by atoms with Crippen LogP contribution in [0, 0.1) is 13.8 Å². The van der Waals surface area contributed by atoms with Gasteiger partial charge < -0.3 is 4.98 Å². The third-order valence-corrected chi connectivity index (χ3v) is 5.87. The molecule has 7 heteroatoms. The van der Waals surface area contributed by atoms with Gasteiger partial charge in [0, 0.05) is 28.2 Å². The van der Waals surface area contributed by atoms with Crippen LogP contribution in [0.3, 0.4) is 0 Å². The molecule has 0 fully saturated rings. The average molecular weight is 417 g/mol. The molecule has 4 rings (SSSR count). The SMILES string of the molecule is Cc1ccc(C)c(Sc2ncccc2C(=O)NNC(=O)c2c[nH]c3ccccc23)c1. The number of pyridine rings is 1. The molecule has 0 aliphatic carbocycles. The number of aryl methyl sites for hydroxylation is 2. The molecule has 6 nitrogen and oxygen atoms in total. The van der Waals surface area contributed by atoms with Gasteiger partial charge in [0.25, 0.3) is 11.8 Å². The molecule has 2 heterocycles. The number of hydrogen-bond acceptors (Lipinski definition) is 4. The number of nitrogens with zero attached hydrogens (tertiary/aromatic N) is 1. The summed E-state index contributed by atoms with van der Waals surface area (Å²) in [7, 11) is 0. The summed E-state index contributed by atoms with van der Waals surface area (Å²) < 4.78 is 0. The van der Waals surface area contributed by atoms with E-state index in [1.165, 1.54) is 11.8 Å². The number of carbonyl (C=O) groups excluding carboxylic acids is 2. The van der Waals surface area contributed by atoms with E-state index >= 15 is 0 Å². The highest BCUT2D eigenvalue weighted by Crippen LogP contribution is 2.31. The van der Waals surface area contributed by atoms with Crippen LogP contribution in [0.5, 0.6) is 0 Å². The third kappa shape index (κ3) is 4.06. The van der Waals surface area contributed by atoms with E-state index in [1.54, 1.807) is 24.5 Å². The summed E-state index contributed by atoms with van der Waals surface area (Å²) in [5, 5.41) is 1.36. The third-order valence-electron chi connectivity index (χ3n) is 4.69. The van der Waals surface area contributed by atoms with E-state index in [0.717, 1.165) is 26.9 Å². The molecule has 0 atom stereocenters. The fourth-order valence-electron chi connectivity index (χ4n) is 3.07. The molecule has 0 bridgehead atoms. The number of H-pyrrole nitrogens is 1. The second-order valence-electron chi connectivity index (χ2n) is 6.88. The summed E-state index contributed by atoms with van der Waals surface area (Å²) in [5.41, 5.74) is 8.94. The van der Waals surface area contributed by atoms with Crippen LogP contribution in [0.1, 0.15) is 31.8 Å². The van der Waals surface area contributed by atoms with Gasteiger partial charge in [-0.05, 0) is 49.2 Å². The van der Waals surface area contributed by atoms with Crippen molar-refractivity contribution in [2.75, 3.05) is 0 Å². The maximum atomic E-state index is 12.8. The second kappa shape index (κ2) is 8.42. The summed E-state index contributed by atoms with van der Waals surface area (Å²) in [4.78, 5) is 33.8. The zero-order chi connectivity index (χ0) is 21.1.